The highest BCUT2D eigenvalue weighted by molar-refractivity contribution is 6.32. The zero-order chi connectivity index (χ0) is 11.5. The van der Waals surface area contributed by atoms with Crippen LogP contribution in [-0.4, -0.2) is 27.7 Å². The predicted octanol–water partition coefficient (Wildman–Crippen LogP) is 1.29. The second-order valence-corrected chi connectivity index (χ2v) is 4.41. The van der Waals surface area contributed by atoms with Gasteiger partial charge in [-0.15, -0.1) is 0 Å². The summed E-state index contributed by atoms with van der Waals surface area (Å²) in [5, 5.41) is 12.7. The van der Waals surface area contributed by atoms with Crippen LogP contribution in [0.5, 0.6) is 0 Å². The summed E-state index contributed by atoms with van der Waals surface area (Å²) in [6.45, 7) is 0.191. The number of nitrogen functional groups attached to an aromatic ring is 1. The number of aliphatic hydroxyl groups is 1. The highest BCUT2D eigenvalue weighted by Gasteiger charge is 2.27. The van der Waals surface area contributed by atoms with Crippen molar-refractivity contribution < 1.29 is 5.11 Å². The number of rotatable bonds is 3. The van der Waals surface area contributed by atoms with Crippen molar-refractivity contribution in [1.29, 1.82) is 0 Å². The van der Waals surface area contributed by atoms with E-state index >= 15 is 0 Å². The number of aliphatic hydroxyl groups excluding tert-OH is 1. The zero-order valence-electron chi connectivity index (χ0n) is 8.86. The van der Waals surface area contributed by atoms with Gasteiger partial charge in [0.1, 0.15) is 12.0 Å². The topological polar surface area (TPSA) is 84.1 Å². The average Bonchev–Trinajstić information content (AvgIpc) is 2.72. The summed E-state index contributed by atoms with van der Waals surface area (Å²) in [7, 11) is 0. The zero-order valence-corrected chi connectivity index (χ0v) is 9.61. The molecule has 4 N–H and O–H groups in total. The summed E-state index contributed by atoms with van der Waals surface area (Å²) < 4.78 is 0. The summed E-state index contributed by atoms with van der Waals surface area (Å²) in [6.07, 6.45) is 4.55. The van der Waals surface area contributed by atoms with Crippen molar-refractivity contribution in [1.82, 2.24) is 9.97 Å². The summed E-state index contributed by atoms with van der Waals surface area (Å²) in [6, 6.07) is 0.221. The molecule has 5 nitrogen and oxygen atoms in total. The molecule has 16 heavy (non-hydrogen) atoms. The smallest absolute Gasteiger partial charge is 0.157 e. The Morgan fingerprint density at radius 2 is 2.31 bits per heavy atom. The lowest BCUT2D eigenvalue weighted by atomic mass is 10.1. The fourth-order valence-electron chi connectivity index (χ4n) is 2.11. The Labute approximate surface area is 99.0 Å². The predicted molar refractivity (Wildman–Crippen MR) is 63.3 cm³/mol. The van der Waals surface area contributed by atoms with Crippen molar-refractivity contribution in [3.8, 4) is 0 Å². The van der Waals surface area contributed by atoms with Crippen LogP contribution in [0.3, 0.4) is 0 Å². The first-order valence-corrected chi connectivity index (χ1v) is 5.73. The molecule has 1 aromatic heterocycles. The molecule has 0 amide bonds. The largest absolute Gasteiger partial charge is 0.396 e. The van der Waals surface area contributed by atoms with Gasteiger partial charge in [0.25, 0.3) is 0 Å². The fraction of sp³-hybridized carbons (Fsp3) is 0.600. The molecule has 1 aliphatic carbocycles. The van der Waals surface area contributed by atoms with Crippen LogP contribution in [0.25, 0.3) is 0 Å². The SMILES string of the molecule is Nc1c(Cl)ncnc1NC1CCCC1CO. The van der Waals surface area contributed by atoms with E-state index in [1.165, 1.54) is 6.33 Å². The molecule has 0 radical (unpaired) electrons. The van der Waals surface area contributed by atoms with Gasteiger partial charge in [-0.25, -0.2) is 9.97 Å². The van der Waals surface area contributed by atoms with E-state index in [1.807, 2.05) is 0 Å². The summed E-state index contributed by atoms with van der Waals surface area (Å²) in [4.78, 5) is 7.85. The number of halogens is 1. The highest BCUT2D eigenvalue weighted by atomic mass is 35.5. The standard InChI is InChI=1S/C10H15ClN4O/c11-9-8(12)10(14-5-13-9)15-7-3-1-2-6(7)4-16/h5-7,16H,1-4,12H2,(H,13,14,15). The first-order valence-electron chi connectivity index (χ1n) is 5.35. The maximum absolute atomic E-state index is 9.21. The Bertz CT molecular complexity index is 374. The van der Waals surface area contributed by atoms with Gasteiger partial charge in [-0.3, -0.25) is 0 Å². The summed E-state index contributed by atoms with van der Waals surface area (Å²) in [5.41, 5.74) is 6.13. The molecule has 1 aliphatic rings. The number of aromatic nitrogens is 2. The van der Waals surface area contributed by atoms with Crippen LogP contribution in [0.2, 0.25) is 5.15 Å². The van der Waals surface area contributed by atoms with Gasteiger partial charge in [0.15, 0.2) is 11.0 Å². The Kier molecular flexibility index (Phi) is 3.46. The van der Waals surface area contributed by atoms with E-state index in [0.717, 1.165) is 19.3 Å². The van der Waals surface area contributed by atoms with Crippen molar-refractivity contribution in [2.45, 2.75) is 25.3 Å². The Hall–Kier alpha value is -1.07. The van der Waals surface area contributed by atoms with Gasteiger partial charge in [-0.05, 0) is 12.8 Å². The maximum Gasteiger partial charge on any atom is 0.157 e. The first kappa shape index (κ1) is 11.4. The number of nitrogens with zero attached hydrogens (tertiary/aromatic N) is 2. The van der Waals surface area contributed by atoms with Gasteiger partial charge in [-0.1, -0.05) is 18.0 Å². The van der Waals surface area contributed by atoms with E-state index in [-0.39, 0.29) is 23.7 Å². The molecule has 0 aliphatic heterocycles. The second-order valence-electron chi connectivity index (χ2n) is 4.05. The third-order valence-electron chi connectivity index (χ3n) is 3.05. The average molecular weight is 243 g/mol. The van der Waals surface area contributed by atoms with E-state index in [2.05, 4.69) is 15.3 Å². The number of hydrogen-bond acceptors (Lipinski definition) is 5. The minimum absolute atomic E-state index is 0.191. The van der Waals surface area contributed by atoms with E-state index < -0.39 is 0 Å². The van der Waals surface area contributed by atoms with Crippen LogP contribution in [0.15, 0.2) is 6.33 Å². The molecule has 0 saturated heterocycles. The molecule has 0 bridgehead atoms. The van der Waals surface area contributed by atoms with Crippen LogP contribution >= 0.6 is 11.6 Å². The van der Waals surface area contributed by atoms with Gasteiger partial charge >= 0.3 is 0 Å². The molecule has 2 unspecified atom stereocenters. The number of anilines is 2. The molecule has 1 saturated carbocycles. The molecule has 1 fully saturated rings. The molecule has 1 heterocycles. The normalized spacial score (nSPS) is 24.6. The van der Waals surface area contributed by atoms with Crippen molar-refractivity contribution in [2.24, 2.45) is 5.92 Å². The van der Waals surface area contributed by atoms with Gasteiger partial charge in [0.05, 0.1) is 0 Å². The van der Waals surface area contributed by atoms with E-state index in [9.17, 15) is 5.11 Å². The molecule has 0 aromatic carbocycles. The molecule has 2 atom stereocenters. The summed E-state index contributed by atoms with van der Waals surface area (Å²) >= 11 is 5.80. The van der Waals surface area contributed by atoms with E-state index in [0.29, 0.717) is 11.5 Å². The minimum atomic E-state index is 0.191. The second kappa shape index (κ2) is 4.84. The molecular formula is C10H15ClN4O. The maximum atomic E-state index is 9.21. The quantitative estimate of drug-likeness (QED) is 0.696. The van der Waals surface area contributed by atoms with Crippen LogP contribution in [-0.2, 0) is 0 Å². The Morgan fingerprint density at radius 3 is 3.06 bits per heavy atom. The monoisotopic (exact) mass is 242 g/mol. The van der Waals surface area contributed by atoms with Crippen LogP contribution in [0, 0.1) is 5.92 Å². The highest BCUT2D eigenvalue weighted by Crippen LogP contribution is 2.30. The number of hydrogen-bond donors (Lipinski definition) is 3. The van der Waals surface area contributed by atoms with Crippen molar-refractivity contribution >= 4 is 23.1 Å². The van der Waals surface area contributed by atoms with Crippen molar-refractivity contribution in [2.75, 3.05) is 17.7 Å². The molecule has 2 rings (SSSR count). The molecule has 88 valence electrons. The lowest BCUT2D eigenvalue weighted by Crippen LogP contribution is -2.27. The van der Waals surface area contributed by atoms with Crippen LogP contribution in [0.1, 0.15) is 19.3 Å². The Balaban J connectivity index is 2.11. The van der Waals surface area contributed by atoms with E-state index in [4.69, 9.17) is 17.3 Å². The number of nitrogens with two attached hydrogens (primary N) is 1. The van der Waals surface area contributed by atoms with Gasteiger partial charge in [0.2, 0.25) is 0 Å². The third-order valence-corrected chi connectivity index (χ3v) is 3.35. The van der Waals surface area contributed by atoms with Crippen molar-refractivity contribution in [3.05, 3.63) is 11.5 Å². The first-order chi connectivity index (χ1) is 7.72. The molecular weight excluding hydrogens is 228 g/mol. The van der Waals surface area contributed by atoms with E-state index in [1.54, 1.807) is 0 Å². The molecule has 1 aromatic rings. The Morgan fingerprint density at radius 1 is 1.50 bits per heavy atom. The van der Waals surface area contributed by atoms with Gasteiger partial charge in [0, 0.05) is 18.6 Å². The van der Waals surface area contributed by atoms with Crippen LogP contribution in [0.4, 0.5) is 11.5 Å². The minimum Gasteiger partial charge on any atom is -0.396 e. The van der Waals surface area contributed by atoms with Crippen LogP contribution < -0.4 is 11.1 Å². The summed E-state index contributed by atoms with van der Waals surface area (Å²) in [5.74, 6) is 0.832. The van der Waals surface area contributed by atoms with Gasteiger partial charge < -0.3 is 16.2 Å². The third kappa shape index (κ3) is 2.20. The van der Waals surface area contributed by atoms with Gasteiger partial charge in [-0.2, -0.15) is 0 Å². The molecule has 0 spiro atoms. The van der Waals surface area contributed by atoms with Crippen molar-refractivity contribution in [3.63, 3.8) is 0 Å². The lowest BCUT2D eigenvalue weighted by Gasteiger charge is -2.20. The number of nitrogens with one attached hydrogen (secondary N) is 1. The molecule has 6 heteroatoms. The fourth-order valence-corrected chi connectivity index (χ4v) is 2.24. The lowest BCUT2D eigenvalue weighted by molar-refractivity contribution is 0.222.